The zero-order valence-electron chi connectivity index (χ0n) is 11.5. The van der Waals surface area contributed by atoms with Crippen LogP contribution in [-0.2, 0) is 13.8 Å². The number of rotatable bonds is 4. The number of hydrogen-bond acceptors (Lipinski definition) is 6. The van der Waals surface area contributed by atoms with Crippen LogP contribution in [0, 0.1) is 6.92 Å². The van der Waals surface area contributed by atoms with Crippen molar-refractivity contribution in [1.29, 1.82) is 0 Å². The van der Waals surface area contributed by atoms with E-state index in [4.69, 9.17) is 14.2 Å². The van der Waals surface area contributed by atoms with Crippen molar-refractivity contribution in [2.45, 2.75) is 38.2 Å². The highest BCUT2D eigenvalue weighted by atomic mass is 31.1. The van der Waals surface area contributed by atoms with Gasteiger partial charge < -0.3 is 9.84 Å². The molecule has 0 bridgehead atoms. The fourth-order valence-corrected chi connectivity index (χ4v) is 2.77. The van der Waals surface area contributed by atoms with Crippen molar-refractivity contribution in [2.75, 3.05) is 6.61 Å². The van der Waals surface area contributed by atoms with Gasteiger partial charge in [-0.15, -0.1) is 9.42 Å². The van der Waals surface area contributed by atoms with E-state index in [-0.39, 0.29) is 6.42 Å². The summed E-state index contributed by atoms with van der Waals surface area (Å²) in [4.78, 5) is 34.2. The second-order valence-electron chi connectivity index (χ2n) is 5.09. The van der Waals surface area contributed by atoms with E-state index in [1.165, 1.54) is 24.6 Å². The first-order chi connectivity index (χ1) is 9.76. The average Bonchev–Trinajstić information content (AvgIpc) is 2.71. The Morgan fingerprint density at radius 2 is 2.29 bits per heavy atom. The number of aromatic amines is 1. The Bertz CT molecular complexity index is 669. The molecule has 2 heterocycles. The van der Waals surface area contributed by atoms with E-state index in [1.807, 2.05) is 0 Å². The van der Waals surface area contributed by atoms with Crippen LogP contribution >= 0.6 is 8.25 Å². The van der Waals surface area contributed by atoms with Gasteiger partial charge in [-0.25, -0.2) is 4.79 Å². The summed E-state index contributed by atoms with van der Waals surface area (Å²) >= 11 is 0. The van der Waals surface area contributed by atoms with Crippen molar-refractivity contribution < 1.29 is 23.8 Å². The van der Waals surface area contributed by atoms with Gasteiger partial charge in [0.2, 0.25) is 0 Å². The van der Waals surface area contributed by atoms with Crippen LogP contribution in [0.15, 0.2) is 15.8 Å². The van der Waals surface area contributed by atoms with Gasteiger partial charge in [0.25, 0.3) is 5.56 Å². The maximum atomic E-state index is 11.8. The minimum atomic E-state index is -2.87. The highest BCUT2D eigenvalue weighted by molar-refractivity contribution is 7.32. The van der Waals surface area contributed by atoms with Crippen molar-refractivity contribution >= 4 is 8.25 Å². The second-order valence-corrected chi connectivity index (χ2v) is 5.78. The summed E-state index contributed by atoms with van der Waals surface area (Å²) in [6.45, 7) is 2.60. The fraction of sp³-hybridized carbons (Fsp3) is 0.636. The van der Waals surface area contributed by atoms with Gasteiger partial charge in [0, 0.05) is 22.7 Å². The summed E-state index contributed by atoms with van der Waals surface area (Å²) in [6.07, 6.45) is -0.250. The van der Waals surface area contributed by atoms with Crippen LogP contribution in [0.4, 0.5) is 0 Å². The minimum absolute atomic E-state index is 0.0874. The van der Waals surface area contributed by atoms with Crippen molar-refractivity contribution in [3.05, 3.63) is 32.6 Å². The van der Waals surface area contributed by atoms with Crippen LogP contribution in [0.3, 0.4) is 0 Å². The summed E-state index contributed by atoms with van der Waals surface area (Å²) in [7, 11) is -2.87. The second kappa shape index (κ2) is 5.78. The Labute approximate surface area is 120 Å². The molecule has 0 amide bonds. The molecule has 3 N–H and O–H groups in total. The lowest BCUT2D eigenvalue weighted by Crippen LogP contribution is -2.40. The minimum Gasteiger partial charge on any atom is -0.393 e. The van der Waals surface area contributed by atoms with E-state index in [0.29, 0.717) is 5.56 Å². The predicted octanol–water partition coefficient (Wildman–Crippen LogP) is -0.450. The van der Waals surface area contributed by atoms with Gasteiger partial charge in [-0.05, 0) is 13.8 Å². The Morgan fingerprint density at radius 1 is 1.62 bits per heavy atom. The number of hydrogen-bond donors (Lipinski definition) is 3. The molecular weight excluding hydrogens is 303 g/mol. The highest BCUT2D eigenvalue weighted by Gasteiger charge is 2.50. The van der Waals surface area contributed by atoms with Gasteiger partial charge >= 0.3 is 13.9 Å². The zero-order valence-corrected chi connectivity index (χ0v) is 12.4. The number of aliphatic hydroxyl groups is 1. The van der Waals surface area contributed by atoms with E-state index < -0.39 is 44.0 Å². The van der Waals surface area contributed by atoms with Gasteiger partial charge in [0.05, 0.1) is 6.61 Å². The lowest BCUT2D eigenvalue weighted by atomic mass is 10.0. The molecule has 1 aliphatic heterocycles. The number of nitrogens with one attached hydrogen (secondary N) is 1. The maximum absolute atomic E-state index is 11.8. The summed E-state index contributed by atoms with van der Waals surface area (Å²) < 4.78 is 22.5. The third-order valence-corrected chi connectivity index (χ3v) is 3.92. The van der Waals surface area contributed by atoms with Gasteiger partial charge in [-0.1, -0.05) is 0 Å². The smallest absolute Gasteiger partial charge is 0.393 e. The molecule has 1 aromatic rings. The molecule has 9 nitrogen and oxygen atoms in total. The number of H-pyrrole nitrogens is 1. The monoisotopic (exact) mass is 319 g/mol. The van der Waals surface area contributed by atoms with E-state index in [2.05, 4.69) is 4.98 Å². The Kier molecular flexibility index (Phi) is 4.40. The number of nitrogens with zero attached hydrogens (tertiary/aromatic N) is 1. The molecule has 0 saturated carbocycles. The molecule has 1 saturated heterocycles. The molecule has 1 fully saturated rings. The van der Waals surface area contributed by atoms with E-state index >= 15 is 0 Å². The third-order valence-electron chi connectivity index (χ3n) is 3.49. The molecule has 4 atom stereocenters. The Morgan fingerprint density at radius 3 is 2.86 bits per heavy atom. The molecular formula is C11H16N2O7P+. The zero-order chi connectivity index (χ0) is 15.8. The van der Waals surface area contributed by atoms with Gasteiger partial charge in [0.1, 0.15) is 11.8 Å². The first kappa shape index (κ1) is 16.0. The molecule has 10 heteroatoms. The molecule has 116 valence electrons. The van der Waals surface area contributed by atoms with Crippen molar-refractivity contribution in [3.8, 4) is 0 Å². The molecule has 1 aromatic heterocycles. The number of aromatic nitrogens is 2. The maximum Gasteiger partial charge on any atom is 0.695 e. The Hall–Kier alpha value is -1.38. The standard InChI is InChI=1S/C11H15N2O7P/c1-6-4-13(10(16)12-9(6)15)8-3-7(20-21(17)18)11(2,5-14)19-8/h4,7-8,14H,3,5H2,1-2H3,(H-,12,15,16,17,18)/p+1/t7-,8-,11-/m1/s1. The summed E-state index contributed by atoms with van der Waals surface area (Å²) in [5.41, 5.74) is -2.06. The van der Waals surface area contributed by atoms with E-state index in [0.717, 1.165) is 0 Å². The summed E-state index contributed by atoms with van der Waals surface area (Å²) in [5.74, 6) is 0. The average molecular weight is 319 g/mol. The van der Waals surface area contributed by atoms with Crippen molar-refractivity contribution in [2.24, 2.45) is 0 Å². The normalized spacial score (nSPS) is 29.6. The molecule has 2 rings (SSSR count). The first-order valence-electron chi connectivity index (χ1n) is 6.20. The van der Waals surface area contributed by atoms with Crippen LogP contribution in [-0.4, -0.2) is 37.9 Å². The molecule has 0 spiro atoms. The molecule has 0 aliphatic carbocycles. The molecule has 1 aliphatic rings. The number of ether oxygens (including phenoxy) is 1. The Balaban J connectivity index is 2.35. The van der Waals surface area contributed by atoms with Crippen LogP contribution < -0.4 is 11.2 Å². The number of aliphatic hydroxyl groups excluding tert-OH is 1. The topological polar surface area (TPSA) is 131 Å². The van der Waals surface area contributed by atoms with Crippen molar-refractivity contribution in [3.63, 3.8) is 0 Å². The van der Waals surface area contributed by atoms with Crippen LogP contribution in [0.1, 0.15) is 25.1 Å². The lowest BCUT2D eigenvalue weighted by molar-refractivity contribution is -0.112. The van der Waals surface area contributed by atoms with Crippen LogP contribution in [0.25, 0.3) is 0 Å². The van der Waals surface area contributed by atoms with E-state index in [9.17, 15) is 19.3 Å². The fourth-order valence-electron chi connectivity index (χ4n) is 2.24. The highest BCUT2D eigenvalue weighted by Crippen LogP contribution is 2.41. The lowest BCUT2D eigenvalue weighted by Gasteiger charge is -2.24. The third kappa shape index (κ3) is 3.12. The van der Waals surface area contributed by atoms with E-state index in [1.54, 1.807) is 0 Å². The molecule has 0 radical (unpaired) electrons. The van der Waals surface area contributed by atoms with Gasteiger partial charge in [-0.2, -0.15) is 0 Å². The van der Waals surface area contributed by atoms with Gasteiger partial charge in [0.15, 0.2) is 6.10 Å². The number of aryl methyl sites for hydroxylation is 1. The van der Waals surface area contributed by atoms with Gasteiger partial charge in [-0.3, -0.25) is 14.3 Å². The van der Waals surface area contributed by atoms with Crippen LogP contribution in [0.2, 0.25) is 0 Å². The van der Waals surface area contributed by atoms with Crippen LogP contribution in [0.5, 0.6) is 0 Å². The molecule has 0 aromatic carbocycles. The molecule has 1 unspecified atom stereocenters. The largest absolute Gasteiger partial charge is 0.695 e. The van der Waals surface area contributed by atoms with Crippen molar-refractivity contribution in [1.82, 2.24) is 9.55 Å². The summed E-state index contributed by atoms with van der Waals surface area (Å²) in [5, 5.41) is 9.41. The predicted molar refractivity (Wildman–Crippen MR) is 71.0 cm³/mol. The SMILES string of the molecule is Cc1cn([C@H]2C[C@@H](O[P+](=O)O)[C@@](C)(CO)O2)c(=O)[nH]c1=O. The summed E-state index contributed by atoms with van der Waals surface area (Å²) in [6, 6.07) is 0. The molecule has 21 heavy (non-hydrogen) atoms. The first-order valence-corrected chi connectivity index (χ1v) is 7.33. The quantitative estimate of drug-likeness (QED) is 0.641.